The van der Waals surface area contributed by atoms with Crippen LogP contribution >= 0.6 is 0 Å². The normalized spacial score (nSPS) is 11.9. The van der Waals surface area contributed by atoms with Gasteiger partial charge in [-0.15, -0.1) is 0 Å². The molecule has 6 nitrogen and oxygen atoms in total. The molecule has 152 valence electrons. The second kappa shape index (κ2) is 10.5. The van der Waals surface area contributed by atoms with Crippen LogP contribution in [0.4, 0.5) is 0 Å². The van der Waals surface area contributed by atoms with E-state index in [9.17, 15) is 0 Å². The van der Waals surface area contributed by atoms with E-state index in [2.05, 4.69) is 0 Å². The van der Waals surface area contributed by atoms with Crippen LogP contribution in [0.15, 0.2) is 36.4 Å². The van der Waals surface area contributed by atoms with Crippen LogP contribution in [0.3, 0.4) is 0 Å². The monoisotopic (exact) mass is 388 g/mol. The van der Waals surface area contributed by atoms with Gasteiger partial charge in [-0.25, -0.2) is 0 Å². The highest BCUT2D eigenvalue weighted by Gasteiger charge is 2.17. The summed E-state index contributed by atoms with van der Waals surface area (Å²) in [7, 11) is 6.39. The Kier molecular flexibility index (Phi) is 8.02. The first kappa shape index (κ1) is 21.4. The van der Waals surface area contributed by atoms with Gasteiger partial charge in [-0.1, -0.05) is 18.2 Å². The summed E-state index contributed by atoms with van der Waals surface area (Å²) in [5.74, 6) is 3.04. The Morgan fingerprint density at radius 1 is 0.857 bits per heavy atom. The van der Waals surface area contributed by atoms with Crippen molar-refractivity contribution in [3.63, 3.8) is 0 Å². The molecule has 0 aliphatic rings. The molecule has 0 radical (unpaired) electrons. The van der Waals surface area contributed by atoms with Gasteiger partial charge in [0.05, 0.1) is 35.0 Å². The summed E-state index contributed by atoms with van der Waals surface area (Å²) in [4.78, 5) is 0. The molecule has 0 saturated carbocycles. The Morgan fingerprint density at radius 3 is 2.00 bits per heavy atom. The highest BCUT2D eigenvalue weighted by Crippen LogP contribution is 2.40. The number of hydrogen-bond acceptors (Lipinski definition) is 6. The third kappa shape index (κ3) is 5.33. The topological polar surface area (TPSA) is 66.4 Å². The van der Waals surface area contributed by atoms with E-state index in [0.29, 0.717) is 35.2 Å². The molecular formula is C22H28O6. The number of hydrogen-bond donors (Lipinski definition) is 1. The van der Waals surface area contributed by atoms with Gasteiger partial charge in [-0.3, -0.25) is 0 Å². The lowest BCUT2D eigenvalue weighted by Crippen LogP contribution is -2.16. The van der Waals surface area contributed by atoms with Gasteiger partial charge < -0.3 is 28.8 Å². The summed E-state index contributed by atoms with van der Waals surface area (Å²) >= 11 is 0. The Balaban J connectivity index is 2.23. The average Bonchev–Trinajstić information content (AvgIpc) is 2.72. The number of benzene rings is 2. The number of aliphatic hydroxyl groups excluding tert-OH is 1. The van der Waals surface area contributed by atoms with E-state index < -0.39 is 0 Å². The second-order valence-corrected chi connectivity index (χ2v) is 6.16. The average molecular weight is 388 g/mol. The maximum atomic E-state index is 8.97. The van der Waals surface area contributed by atoms with Crippen LogP contribution < -0.4 is 23.7 Å². The van der Waals surface area contributed by atoms with E-state index in [0.717, 1.165) is 11.1 Å². The molecule has 0 heterocycles. The first-order valence-corrected chi connectivity index (χ1v) is 8.97. The fraction of sp³-hybridized carbons (Fsp3) is 0.364. The molecule has 2 aromatic rings. The molecule has 0 aliphatic heterocycles. The highest BCUT2D eigenvalue weighted by molar-refractivity contribution is 5.62. The standard InChI is InChI=1S/C22H28O6/c1-15(11-17-8-9-18(24-2)19(12-17)25-3)28-22-20(26-4)13-16(7-6-10-23)14-21(22)27-5/h6-9,12-15,23H,10-11H2,1-5H3/b7-6+. The third-order valence-corrected chi connectivity index (χ3v) is 4.19. The van der Waals surface area contributed by atoms with E-state index in [4.69, 9.17) is 28.8 Å². The smallest absolute Gasteiger partial charge is 0.203 e. The summed E-state index contributed by atoms with van der Waals surface area (Å²) in [5, 5.41) is 8.97. The quantitative estimate of drug-likeness (QED) is 0.669. The molecule has 1 N–H and O–H groups in total. The molecule has 6 heteroatoms. The van der Waals surface area contributed by atoms with Gasteiger partial charge in [0, 0.05) is 6.42 Å². The zero-order valence-electron chi connectivity index (χ0n) is 17.0. The van der Waals surface area contributed by atoms with Gasteiger partial charge in [-0.2, -0.15) is 0 Å². The van der Waals surface area contributed by atoms with Crippen molar-refractivity contribution in [2.24, 2.45) is 0 Å². The highest BCUT2D eigenvalue weighted by atomic mass is 16.5. The summed E-state index contributed by atoms with van der Waals surface area (Å²) in [6.07, 6.45) is 3.97. The largest absolute Gasteiger partial charge is 0.493 e. The third-order valence-electron chi connectivity index (χ3n) is 4.19. The minimum absolute atomic E-state index is 0.0365. The Bertz CT molecular complexity index is 775. The van der Waals surface area contributed by atoms with Crippen LogP contribution in [0.5, 0.6) is 28.7 Å². The summed E-state index contributed by atoms with van der Waals surface area (Å²) in [6, 6.07) is 9.49. The lowest BCUT2D eigenvalue weighted by Gasteiger charge is -2.20. The minimum Gasteiger partial charge on any atom is -0.493 e. The fourth-order valence-corrected chi connectivity index (χ4v) is 2.88. The summed E-state index contributed by atoms with van der Waals surface area (Å²) < 4.78 is 27.8. The first-order valence-electron chi connectivity index (χ1n) is 8.97. The van der Waals surface area contributed by atoms with E-state index in [1.165, 1.54) is 0 Å². The zero-order valence-corrected chi connectivity index (χ0v) is 17.0. The first-order chi connectivity index (χ1) is 13.6. The SMILES string of the molecule is COc1ccc(CC(C)Oc2c(OC)cc(/C=C/CO)cc2OC)cc1OC. The summed E-state index contributed by atoms with van der Waals surface area (Å²) in [6.45, 7) is 1.94. The van der Waals surface area contributed by atoms with Gasteiger partial charge in [0.1, 0.15) is 6.10 Å². The predicted molar refractivity (Wildman–Crippen MR) is 109 cm³/mol. The molecule has 0 saturated heterocycles. The van der Waals surface area contributed by atoms with Crippen molar-refractivity contribution in [2.45, 2.75) is 19.4 Å². The zero-order chi connectivity index (χ0) is 20.5. The van der Waals surface area contributed by atoms with Crippen LogP contribution in [0.2, 0.25) is 0 Å². The van der Waals surface area contributed by atoms with E-state index in [1.807, 2.05) is 37.3 Å². The number of ether oxygens (including phenoxy) is 5. The van der Waals surface area contributed by atoms with Crippen LogP contribution in [0, 0.1) is 0 Å². The lowest BCUT2D eigenvalue weighted by atomic mass is 10.1. The number of methoxy groups -OCH3 is 4. The molecule has 0 bridgehead atoms. The van der Waals surface area contributed by atoms with Crippen LogP contribution in [-0.4, -0.2) is 46.3 Å². The van der Waals surface area contributed by atoms with Crippen molar-refractivity contribution in [3.8, 4) is 28.7 Å². The predicted octanol–water partition coefficient (Wildman–Crippen LogP) is 3.74. The Hall–Kier alpha value is -2.86. The maximum Gasteiger partial charge on any atom is 0.203 e. The fourth-order valence-electron chi connectivity index (χ4n) is 2.88. The van der Waals surface area contributed by atoms with Crippen LogP contribution in [-0.2, 0) is 6.42 Å². The molecule has 0 aliphatic carbocycles. The van der Waals surface area contributed by atoms with Gasteiger partial charge in [-0.05, 0) is 42.3 Å². The van der Waals surface area contributed by atoms with E-state index in [1.54, 1.807) is 40.6 Å². The van der Waals surface area contributed by atoms with E-state index in [-0.39, 0.29) is 12.7 Å². The molecular weight excluding hydrogens is 360 g/mol. The number of rotatable bonds is 10. The molecule has 28 heavy (non-hydrogen) atoms. The molecule has 1 atom stereocenters. The van der Waals surface area contributed by atoms with Crippen molar-refractivity contribution >= 4 is 6.08 Å². The van der Waals surface area contributed by atoms with Crippen molar-refractivity contribution in [1.82, 2.24) is 0 Å². The Morgan fingerprint density at radius 2 is 1.46 bits per heavy atom. The van der Waals surface area contributed by atoms with Crippen LogP contribution in [0.1, 0.15) is 18.1 Å². The van der Waals surface area contributed by atoms with Gasteiger partial charge in [0.25, 0.3) is 0 Å². The van der Waals surface area contributed by atoms with E-state index >= 15 is 0 Å². The molecule has 0 fully saturated rings. The maximum absolute atomic E-state index is 8.97. The summed E-state index contributed by atoms with van der Waals surface area (Å²) in [5.41, 5.74) is 1.91. The minimum atomic E-state index is -0.139. The van der Waals surface area contributed by atoms with Gasteiger partial charge >= 0.3 is 0 Å². The lowest BCUT2D eigenvalue weighted by molar-refractivity contribution is 0.201. The molecule has 0 aromatic heterocycles. The number of aliphatic hydroxyl groups is 1. The Labute approximate surface area is 166 Å². The van der Waals surface area contributed by atoms with Crippen LogP contribution in [0.25, 0.3) is 6.08 Å². The van der Waals surface area contributed by atoms with Crippen molar-refractivity contribution < 1.29 is 28.8 Å². The molecule has 2 rings (SSSR count). The van der Waals surface area contributed by atoms with Crippen molar-refractivity contribution in [2.75, 3.05) is 35.0 Å². The van der Waals surface area contributed by atoms with Gasteiger partial charge in [0.15, 0.2) is 23.0 Å². The van der Waals surface area contributed by atoms with Crippen molar-refractivity contribution in [1.29, 1.82) is 0 Å². The van der Waals surface area contributed by atoms with Gasteiger partial charge in [0.2, 0.25) is 5.75 Å². The van der Waals surface area contributed by atoms with Crippen molar-refractivity contribution in [3.05, 3.63) is 47.5 Å². The molecule has 1 unspecified atom stereocenters. The molecule has 2 aromatic carbocycles. The molecule has 0 spiro atoms. The molecule has 0 amide bonds. The second-order valence-electron chi connectivity index (χ2n) is 6.16.